The van der Waals surface area contributed by atoms with Crippen molar-refractivity contribution in [2.24, 2.45) is 4.99 Å². The number of nitrogens with zero attached hydrogens (tertiary/aromatic N) is 1. The summed E-state index contributed by atoms with van der Waals surface area (Å²) in [6, 6.07) is 6.58. The van der Waals surface area contributed by atoms with Crippen LogP contribution in [0.1, 0.15) is 24.8 Å². The molecule has 2 rings (SSSR count). The predicted molar refractivity (Wildman–Crippen MR) is 93.9 cm³/mol. The normalized spacial score (nSPS) is 17.9. The van der Waals surface area contributed by atoms with E-state index in [-0.39, 0.29) is 5.82 Å². The Labute approximate surface area is 143 Å². The van der Waals surface area contributed by atoms with Crippen molar-refractivity contribution < 1.29 is 13.9 Å². The summed E-state index contributed by atoms with van der Waals surface area (Å²) in [6.07, 6.45) is 4.30. The fourth-order valence-corrected chi connectivity index (χ4v) is 2.57. The SMILES string of the molecule is CN=C(NCCCOCC1CCCO1)NCCc1ccc(F)cc1. The Kier molecular flexibility index (Phi) is 8.55. The van der Waals surface area contributed by atoms with Gasteiger partial charge in [-0.3, -0.25) is 4.99 Å². The Balaban J connectivity index is 1.49. The summed E-state index contributed by atoms with van der Waals surface area (Å²) in [6.45, 7) is 3.85. The Morgan fingerprint density at radius 2 is 2.08 bits per heavy atom. The molecule has 1 aromatic carbocycles. The molecule has 5 nitrogen and oxygen atoms in total. The molecule has 1 unspecified atom stereocenters. The Morgan fingerprint density at radius 3 is 2.79 bits per heavy atom. The highest BCUT2D eigenvalue weighted by atomic mass is 19.1. The van der Waals surface area contributed by atoms with E-state index in [4.69, 9.17) is 9.47 Å². The van der Waals surface area contributed by atoms with Crippen LogP contribution in [0.5, 0.6) is 0 Å². The topological polar surface area (TPSA) is 54.9 Å². The first-order chi connectivity index (χ1) is 11.8. The fraction of sp³-hybridized carbons (Fsp3) is 0.611. The van der Waals surface area contributed by atoms with Gasteiger partial charge in [-0.2, -0.15) is 0 Å². The summed E-state index contributed by atoms with van der Waals surface area (Å²) >= 11 is 0. The highest BCUT2D eigenvalue weighted by Crippen LogP contribution is 2.11. The minimum absolute atomic E-state index is 0.203. The van der Waals surface area contributed by atoms with Gasteiger partial charge in [0.1, 0.15) is 5.82 Å². The van der Waals surface area contributed by atoms with Crippen LogP contribution in [0, 0.1) is 5.82 Å². The molecular weight excluding hydrogens is 309 g/mol. The minimum Gasteiger partial charge on any atom is -0.379 e. The van der Waals surface area contributed by atoms with E-state index >= 15 is 0 Å². The van der Waals surface area contributed by atoms with E-state index in [9.17, 15) is 4.39 Å². The van der Waals surface area contributed by atoms with Gasteiger partial charge in [-0.05, 0) is 43.4 Å². The van der Waals surface area contributed by atoms with Gasteiger partial charge in [0.25, 0.3) is 0 Å². The average molecular weight is 337 g/mol. The second-order valence-electron chi connectivity index (χ2n) is 5.87. The molecule has 0 radical (unpaired) electrons. The zero-order valence-electron chi connectivity index (χ0n) is 14.4. The number of nitrogens with one attached hydrogen (secondary N) is 2. The first-order valence-corrected chi connectivity index (χ1v) is 8.66. The van der Waals surface area contributed by atoms with E-state index < -0.39 is 0 Å². The van der Waals surface area contributed by atoms with Crippen molar-refractivity contribution in [3.05, 3.63) is 35.6 Å². The molecule has 1 aromatic rings. The summed E-state index contributed by atoms with van der Waals surface area (Å²) in [4.78, 5) is 4.19. The van der Waals surface area contributed by atoms with Crippen LogP contribution < -0.4 is 10.6 Å². The van der Waals surface area contributed by atoms with Crippen LogP contribution in [0.3, 0.4) is 0 Å². The Hall–Kier alpha value is -1.66. The van der Waals surface area contributed by atoms with Gasteiger partial charge in [0.15, 0.2) is 5.96 Å². The fourth-order valence-electron chi connectivity index (χ4n) is 2.57. The summed E-state index contributed by atoms with van der Waals surface area (Å²) in [5.41, 5.74) is 1.10. The van der Waals surface area contributed by atoms with Gasteiger partial charge in [0.05, 0.1) is 12.7 Å². The van der Waals surface area contributed by atoms with Gasteiger partial charge in [0.2, 0.25) is 0 Å². The lowest BCUT2D eigenvalue weighted by Crippen LogP contribution is -2.39. The Bertz CT molecular complexity index is 488. The van der Waals surface area contributed by atoms with E-state index in [0.29, 0.717) is 12.7 Å². The third-order valence-corrected chi connectivity index (χ3v) is 3.93. The number of halogens is 1. The van der Waals surface area contributed by atoms with Gasteiger partial charge >= 0.3 is 0 Å². The van der Waals surface area contributed by atoms with Crippen LogP contribution in [0.15, 0.2) is 29.3 Å². The summed E-state index contributed by atoms with van der Waals surface area (Å²) in [7, 11) is 1.75. The molecule has 0 aliphatic carbocycles. The second-order valence-corrected chi connectivity index (χ2v) is 5.87. The molecule has 1 heterocycles. The summed E-state index contributed by atoms with van der Waals surface area (Å²) in [5.74, 6) is 0.571. The van der Waals surface area contributed by atoms with Crippen LogP contribution >= 0.6 is 0 Å². The molecule has 0 spiro atoms. The van der Waals surface area contributed by atoms with Crippen molar-refractivity contribution in [2.45, 2.75) is 31.8 Å². The molecule has 1 fully saturated rings. The van der Waals surface area contributed by atoms with Crippen molar-refractivity contribution in [3.63, 3.8) is 0 Å². The molecule has 0 amide bonds. The average Bonchev–Trinajstić information content (AvgIpc) is 3.11. The van der Waals surface area contributed by atoms with Gasteiger partial charge in [0, 0.05) is 33.4 Å². The van der Waals surface area contributed by atoms with Crippen molar-refractivity contribution in [1.29, 1.82) is 0 Å². The second kappa shape index (κ2) is 11.0. The van der Waals surface area contributed by atoms with Crippen LogP contribution in [0.2, 0.25) is 0 Å². The van der Waals surface area contributed by atoms with E-state index in [1.54, 1.807) is 19.2 Å². The summed E-state index contributed by atoms with van der Waals surface area (Å²) < 4.78 is 24.0. The van der Waals surface area contributed by atoms with E-state index in [1.165, 1.54) is 12.1 Å². The van der Waals surface area contributed by atoms with Crippen LogP contribution in [-0.4, -0.2) is 52.0 Å². The molecule has 24 heavy (non-hydrogen) atoms. The monoisotopic (exact) mass is 337 g/mol. The molecule has 1 aliphatic heterocycles. The molecule has 2 N–H and O–H groups in total. The van der Waals surface area contributed by atoms with Gasteiger partial charge in [-0.1, -0.05) is 12.1 Å². The number of hydrogen-bond acceptors (Lipinski definition) is 3. The number of rotatable bonds is 9. The van der Waals surface area contributed by atoms with Crippen molar-refractivity contribution >= 4 is 5.96 Å². The summed E-state index contributed by atoms with van der Waals surface area (Å²) in [5, 5.41) is 6.51. The molecule has 1 saturated heterocycles. The molecule has 1 aliphatic rings. The lowest BCUT2D eigenvalue weighted by atomic mass is 10.1. The van der Waals surface area contributed by atoms with E-state index in [2.05, 4.69) is 15.6 Å². The van der Waals surface area contributed by atoms with Gasteiger partial charge in [-0.25, -0.2) is 4.39 Å². The largest absolute Gasteiger partial charge is 0.379 e. The van der Waals surface area contributed by atoms with Gasteiger partial charge in [-0.15, -0.1) is 0 Å². The quantitative estimate of drug-likeness (QED) is 0.412. The lowest BCUT2D eigenvalue weighted by molar-refractivity contribution is 0.0168. The van der Waals surface area contributed by atoms with Gasteiger partial charge < -0.3 is 20.1 Å². The number of hydrogen-bond donors (Lipinski definition) is 2. The standard InChI is InChI=1S/C18H28FN3O2/c1-20-18(22-11-9-15-5-7-16(19)8-6-15)21-10-3-12-23-14-17-4-2-13-24-17/h5-8,17H,2-4,9-14H2,1H3,(H2,20,21,22). The molecule has 1 atom stereocenters. The van der Waals surface area contributed by atoms with Crippen LogP contribution in [0.4, 0.5) is 4.39 Å². The third-order valence-electron chi connectivity index (χ3n) is 3.93. The maximum Gasteiger partial charge on any atom is 0.190 e. The van der Waals surface area contributed by atoms with Crippen molar-refractivity contribution in [2.75, 3.05) is 40.0 Å². The van der Waals surface area contributed by atoms with Crippen molar-refractivity contribution in [3.8, 4) is 0 Å². The molecule has 0 bridgehead atoms. The maximum absolute atomic E-state index is 12.8. The zero-order chi connectivity index (χ0) is 17.0. The highest BCUT2D eigenvalue weighted by Gasteiger charge is 2.14. The molecular formula is C18H28FN3O2. The van der Waals surface area contributed by atoms with Crippen molar-refractivity contribution in [1.82, 2.24) is 10.6 Å². The smallest absolute Gasteiger partial charge is 0.190 e. The molecule has 0 saturated carbocycles. The molecule has 6 heteroatoms. The number of aliphatic imine (C=N–C) groups is 1. The number of benzene rings is 1. The Morgan fingerprint density at radius 1 is 1.29 bits per heavy atom. The highest BCUT2D eigenvalue weighted by molar-refractivity contribution is 5.79. The van der Waals surface area contributed by atoms with Crippen LogP contribution in [-0.2, 0) is 15.9 Å². The number of guanidine groups is 1. The predicted octanol–water partition coefficient (Wildman–Crippen LogP) is 2.12. The maximum atomic E-state index is 12.8. The van der Waals surface area contributed by atoms with E-state index in [0.717, 1.165) is 63.5 Å². The number of ether oxygens (including phenoxy) is 2. The first kappa shape index (κ1) is 18.7. The zero-order valence-corrected chi connectivity index (χ0v) is 14.4. The third kappa shape index (κ3) is 7.27. The lowest BCUT2D eigenvalue weighted by Gasteiger charge is -2.13. The molecule has 0 aromatic heterocycles. The van der Waals surface area contributed by atoms with Crippen LogP contribution in [0.25, 0.3) is 0 Å². The first-order valence-electron chi connectivity index (χ1n) is 8.66. The molecule has 134 valence electrons. The van der Waals surface area contributed by atoms with E-state index in [1.807, 2.05) is 0 Å². The minimum atomic E-state index is -0.203.